The first-order valence-electron chi connectivity index (χ1n) is 11.7. The average molecular weight is 470 g/mol. The Labute approximate surface area is 197 Å². The fourth-order valence-electron chi connectivity index (χ4n) is 4.25. The molecule has 1 aliphatic carbocycles. The molecule has 1 unspecified atom stereocenters. The summed E-state index contributed by atoms with van der Waals surface area (Å²) >= 11 is 0. The maximum Gasteiger partial charge on any atom is 0.330 e. The number of aromatic nitrogens is 2. The number of methoxy groups -OCH3 is 1. The highest BCUT2D eigenvalue weighted by Crippen LogP contribution is 2.32. The van der Waals surface area contributed by atoms with E-state index >= 15 is 0 Å². The van der Waals surface area contributed by atoms with Gasteiger partial charge in [-0.3, -0.25) is 23.9 Å². The van der Waals surface area contributed by atoms with Crippen molar-refractivity contribution in [2.75, 3.05) is 37.4 Å². The van der Waals surface area contributed by atoms with E-state index in [-0.39, 0.29) is 42.4 Å². The molecule has 1 saturated carbocycles. The molecule has 2 fully saturated rings. The van der Waals surface area contributed by atoms with Gasteiger partial charge >= 0.3 is 5.69 Å². The van der Waals surface area contributed by atoms with E-state index in [1.54, 1.807) is 4.90 Å². The molecule has 182 valence electrons. The molecule has 1 aliphatic heterocycles. The maximum absolute atomic E-state index is 13.3. The Morgan fingerprint density at radius 1 is 1.12 bits per heavy atom. The molecule has 2 heterocycles. The van der Waals surface area contributed by atoms with Crippen LogP contribution in [0.25, 0.3) is 0 Å². The van der Waals surface area contributed by atoms with Gasteiger partial charge in [-0.1, -0.05) is 30.3 Å². The third-order valence-electron chi connectivity index (χ3n) is 6.30. The van der Waals surface area contributed by atoms with E-state index in [9.17, 15) is 19.2 Å². The van der Waals surface area contributed by atoms with Crippen LogP contribution in [0.5, 0.6) is 0 Å². The van der Waals surface area contributed by atoms with E-state index in [4.69, 9.17) is 4.74 Å². The Bertz CT molecular complexity index is 1140. The van der Waals surface area contributed by atoms with Gasteiger partial charge in [-0.15, -0.1) is 0 Å². The zero-order valence-electron chi connectivity index (χ0n) is 19.3. The second kappa shape index (κ2) is 10.7. The van der Waals surface area contributed by atoms with Gasteiger partial charge in [0.05, 0.1) is 19.1 Å². The van der Waals surface area contributed by atoms with Crippen LogP contribution in [0, 0.1) is 11.8 Å². The van der Waals surface area contributed by atoms with Crippen LogP contribution in [-0.2, 0) is 27.4 Å². The molecule has 34 heavy (non-hydrogen) atoms. The van der Waals surface area contributed by atoms with Gasteiger partial charge in [0.15, 0.2) is 0 Å². The number of anilines is 2. The van der Waals surface area contributed by atoms with Crippen LogP contribution < -0.4 is 21.9 Å². The van der Waals surface area contributed by atoms with E-state index in [2.05, 4.69) is 15.6 Å². The standard InChI is InChI=1S/C24H31N5O5/c1-34-13-12-29-20(19(22(31)27-24(29)33)25-14-16-6-3-2-4-7-16)26-21(30)18-8-5-11-28(15-18)23(32)17-9-10-17/h2-4,6-7,17-18,25H,5,8-15H2,1H3,(H,26,30)(H,27,31,33). The number of nitrogens with zero attached hydrogens (tertiary/aromatic N) is 2. The number of hydrogen-bond acceptors (Lipinski definition) is 6. The molecular weight excluding hydrogens is 438 g/mol. The average Bonchev–Trinajstić information content (AvgIpc) is 3.69. The first-order chi connectivity index (χ1) is 16.5. The Morgan fingerprint density at radius 3 is 2.59 bits per heavy atom. The molecule has 2 aromatic rings. The number of nitrogens with one attached hydrogen (secondary N) is 3. The van der Waals surface area contributed by atoms with Gasteiger partial charge in [0, 0.05) is 32.7 Å². The van der Waals surface area contributed by atoms with Gasteiger partial charge in [0.25, 0.3) is 5.56 Å². The number of carbonyl (C=O) groups excluding carboxylic acids is 2. The second-order valence-corrected chi connectivity index (χ2v) is 8.85. The van der Waals surface area contributed by atoms with Crippen LogP contribution in [0.3, 0.4) is 0 Å². The maximum atomic E-state index is 13.3. The van der Waals surface area contributed by atoms with Crippen LogP contribution in [0.2, 0.25) is 0 Å². The molecule has 1 saturated heterocycles. The lowest BCUT2D eigenvalue weighted by molar-refractivity contribution is -0.135. The van der Waals surface area contributed by atoms with Crippen molar-refractivity contribution < 1.29 is 14.3 Å². The number of H-pyrrole nitrogens is 1. The van der Waals surface area contributed by atoms with Crippen molar-refractivity contribution in [1.29, 1.82) is 0 Å². The van der Waals surface area contributed by atoms with Crippen molar-refractivity contribution in [2.24, 2.45) is 11.8 Å². The number of hydrogen-bond donors (Lipinski definition) is 3. The van der Waals surface area contributed by atoms with E-state index in [1.165, 1.54) is 11.7 Å². The Morgan fingerprint density at radius 2 is 1.88 bits per heavy atom. The van der Waals surface area contributed by atoms with Crippen LogP contribution >= 0.6 is 0 Å². The van der Waals surface area contributed by atoms with E-state index in [1.807, 2.05) is 30.3 Å². The molecule has 0 spiro atoms. The van der Waals surface area contributed by atoms with Gasteiger partial charge in [0.1, 0.15) is 11.5 Å². The SMILES string of the molecule is COCCn1c(NC(=O)C2CCCN(C(=O)C3CC3)C2)c(NCc2ccccc2)c(=O)[nH]c1=O. The molecule has 2 aliphatic rings. The van der Waals surface area contributed by atoms with Crippen molar-refractivity contribution in [1.82, 2.24) is 14.5 Å². The molecular formula is C24H31N5O5. The highest BCUT2D eigenvalue weighted by atomic mass is 16.5. The van der Waals surface area contributed by atoms with Crippen LogP contribution in [-0.4, -0.2) is 53.1 Å². The van der Waals surface area contributed by atoms with Gasteiger partial charge in [-0.2, -0.15) is 0 Å². The van der Waals surface area contributed by atoms with Crippen molar-refractivity contribution in [3.63, 3.8) is 0 Å². The minimum absolute atomic E-state index is 0.0995. The van der Waals surface area contributed by atoms with Gasteiger partial charge < -0.3 is 20.3 Å². The van der Waals surface area contributed by atoms with E-state index in [0.29, 0.717) is 26.1 Å². The molecule has 10 nitrogen and oxygen atoms in total. The van der Waals surface area contributed by atoms with Gasteiger partial charge in [-0.05, 0) is 31.2 Å². The summed E-state index contributed by atoms with van der Waals surface area (Å²) in [5, 5.41) is 5.90. The number of rotatable bonds is 9. The number of piperidine rings is 1. The molecule has 0 bridgehead atoms. The zero-order chi connectivity index (χ0) is 24.1. The normalized spacial score (nSPS) is 17.9. The summed E-state index contributed by atoms with van der Waals surface area (Å²) in [6, 6.07) is 9.50. The minimum atomic E-state index is -0.628. The third kappa shape index (κ3) is 5.56. The van der Waals surface area contributed by atoms with Crippen LogP contribution in [0.15, 0.2) is 39.9 Å². The largest absolute Gasteiger partial charge is 0.383 e. The van der Waals surface area contributed by atoms with Gasteiger partial charge in [-0.25, -0.2) is 4.79 Å². The lowest BCUT2D eigenvalue weighted by Crippen LogP contribution is -2.45. The molecule has 2 amide bonds. The summed E-state index contributed by atoms with van der Waals surface area (Å²) in [7, 11) is 1.51. The molecule has 0 radical (unpaired) electrons. The number of benzene rings is 1. The smallest absolute Gasteiger partial charge is 0.330 e. The van der Waals surface area contributed by atoms with Crippen LogP contribution in [0.1, 0.15) is 31.2 Å². The molecule has 1 atom stereocenters. The zero-order valence-corrected chi connectivity index (χ0v) is 19.3. The van der Waals surface area contributed by atoms with Crippen molar-refractivity contribution >= 4 is 23.3 Å². The Kier molecular flexibility index (Phi) is 7.46. The highest BCUT2D eigenvalue weighted by Gasteiger charge is 2.37. The first kappa shape index (κ1) is 23.7. The predicted molar refractivity (Wildman–Crippen MR) is 128 cm³/mol. The van der Waals surface area contributed by atoms with Crippen LogP contribution in [0.4, 0.5) is 11.5 Å². The van der Waals surface area contributed by atoms with E-state index < -0.39 is 17.2 Å². The molecule has 3 N–H and O–H groups in total. The summed E-state index contributed by atoms with van der Waals surface area (Å²) in [6.45, 7) is 1.72. The number of carbonyl (C=O) groups is 2. The fourth-order valence-corrected chi connectivity index (χ4v) is 4.25. The predicted octanol–water partition coefficient (Wildman–Crippen LogP) is 1.38. The summed E-state index contributed by atoms with van der Waals surface area (Å²) in [6.07, 6.45) is 3.21. The summed E-state index contributed by atoms with van der Waals surface area (Å²) < 4.78 is 6.41. The lowest BCUT2D eigenvalue weighted by atomic mass is 9.96. The summed E-state index contributed by atoms with van der Waals surface area (Å²) in [5.74, 6) is -0.397. The van der Waals surface area contributed by atoms with E-state index in [0.717, 1.165) is 24.8 Å². The fraction of sp³-hybridized carbons (Fsp3) is 0.500. The Hall–Kier alpha value is -3.40. The summed E-state index contributed by atoms with van der Waals surface area (Å²) in [4.78, 5) is 55.2. The van der Waals surface area contributed by atoms with Gasteiger partial charge in [0.2, 0.25) is 11.8 Å². The topological polar surface area (TPSA) is 126 Å². The highest BCUT2D eigenvalue weighted by molar-refractivity contribution is 5.95. The number of aromatic amines is 1. The lowest BCUT2D eigenvalue weighted by Gasteiger charge is -2.32. The van der Waals surface area contributed by atoms with Crippen molar-refractivity contribution in [3.05, 3.63) is 56.7 Å². The molecule has 1 aromatic carbocycles. The Balaban J connectivity index is 1.58. The number of amides is 2. The number of likely N-dealkylation sites (tertiary alicyclic amines) is 1. The monoisotopic (exact) mass is 469 g/mol. The van der Waals surface area contributed by atoms with Crippen molar-refractivity contribution in [2.45, 2.75) is 38.8 Å². The summed E-state index contributed by atoms with van der Waals surface area (Å²) in [5.41, 5.74) is -0.194. The quantitative estimate of drug-likeness (QED) is 0.510. The third-order valence-corrected chi connectivity index (χ3v) is 6.30. The number of ether oxygens (including phenoxy) is 1. The van der Waals surface area contributed by atoms with Crippen molar-refractivity contribution in [3.8, 4) is 0 Å². The molecule has 1 aromatic heterocycles. The molecule has 4 rings (SSSR count). The molecule has 10 heteroatoms. The second-order valence-electron chi connectivity index (χ2n) is 8.85. The first-order valence-corrected chi connectivity index (χ1v) is 11.7. The minimum Gasteiger partial charge on any atom is -0.383 e.